The molecule has 4 amide bonds. The molecule has 0 saturated heterocycles. The minimum absolute atomic E-state index is 0. The molecule has 4 aromatic carbocycles. The Kier molecular flexibility index (Phi) is 38.1. The molecule has 0 aliphatic heterocycles. The summed E-state index contributed by atoms with van der Waals surface area (Å²) in [6.45, 7) is 38.5. The SMILES string of the molecule is C.C.C.C.CC[C@@H](Nc1nsnc1Nc1ccc(C)c(C(=O)N(C)C)c1O)c1cc(C(C)C)co1.Cc1cc([C@H](Nc2nsnc2Nc2ccc(C)c(C(=O)N(C)C)c2O)C(C)C)oc1C.Cc1ccc([C@H](Nc2nsnc2Nc2ccc(C)c(C(=O)N(C)C)c2O)C(C)(C)C)o1.Cc1ccc([C@H](Nc2nsnc2Nc2ccc(C)c(C(=O)N(C)C)c2O)C(C)(C)C)s1. The largest absolute Gasteiger partial charge is 0.505 e. The number of amides is 4. The summed E-state index contributed by atoms with van der Waals surface area (Å²) in [7, 11) is 13.2. The molecule has 0 unspecified atom stereocenters. The molecule has 36 heteroatoms. The van der Waals surface area contributed by atoms with E-state index in [0.29, 0.717) is 97.5 Å². The maximum atomic E-state index is 12.5. The topological polar surface area (TPSA) is 401 Å². The molecular formula is C92H132N20O11S5. The Labute approximate surface area is 775 Å². The Hall–Kier alpha value is -11.9. The van der Waals surface area contributed by atoms with E-state index in [0.717, 1.165) is 93.3 Å². The smallest absolute Gasteiger partial charge is 0.257 e. The number of hydrogen-bond acceptors (Lipinski definition) is 32. The van der Waals surface area contributed by atoms with Crippen molar-refractivity contribution < 1.29 is 52.9 Å². The van der Waals surface area contributed by atoms with Crippen molar-refractivity contribution in [3.63, 3.8) is 0 Å². The van der Waals surface area contributed by atoms with Gasteiger partial charge in [0, 0.05) is 66.1 Å². The van der Waals surface area contributed by atoms with Gasteiger partial charge in [-0.05, 0) is 179 Å². The van der Waals surface area contributed by atoms with E-state index in [1.165, 1.54) is 29.4 Å². The van der Waals surface area contributed by atoms with E-state index >= 15 is 0 Å². The first-order valence-electron chi connectivity index (χ1n) is 40.2. The average molecular weight is 1850 g/mol. The van der Waals surface area contributed by atoms with Gasteiger partial charge in [-0.15, -0.1) is 11.3 Å². The summed E-state index contributed by atoms with van der Waals surface area (Å²) in [5, 5.41) is 69.3. The van der Waals surface area contributed by atoms with Gasteiger partial charge in [-0.2, -0.15) is 35.0 Å². The van der Waals surface area contributed by atoms with Crippen LogP contribution in [0.4, 0.5) is 69.3 Å². The first-order valence-corrected chi connectivity index (χ1v) is 43.9. The number of hydrogen-bond donors (Lipinski definition) is 12. The minimum Gasteiger partial charge on any atom is -0.505 e. The lowest BCUT2D eigenvalue weighted by atomic mass is 9.85. The zero-order valence-corrected chi connectivity index (χ0v) is 79.5. The molecule has 696 valence electrons. The van der Waals surface area contributed by atoms with Crippen LogP contribution in [-0.2, 0) is 0 Å². The lowest BCUT2D eigenvalue weighted by Crippen LogP contribution is -2.26. The molecule has 0 aliphatic carbocycles. The highest BCUT2D eigenvalue weighted by Crippen LogP contribution is 2.45. The number of phenolic OH excluding ortho intramolecular Hbond substituents is 4. The lowest BCUT2D eigenvalue weighted by molar-refractivity contribution is 0.0816. The van der Waals surface area contributed by atoms with E-state index in [9.17, 15) is 39.6 Å². The Balaban J connectivity index is 0.000000299. The summed E-state index contributed by atoms with van der Waals surface area (Å²) in [5.41, 5.74) is 7.42. The van der Waals surface area contributed by atoms with Crippen molar-refractivity contribution in [1.29, 1.82) is 0 Å². The van der Waals surface area contributed by atoms with Gasteiger partial charge in [0.05, 0.1) is 122 Å². The molecule has 8 heterocycles. The number of thiophene rings is 1. The third-order valence-electron chi connectivity index (χ3n) is 20.2. The maximum Gasteiger partial charge on any atom is 0.257 e. The van der Waals surface area contributed by atoms with Crippen molar-refractivity contribution >= 4 is 151 Å². The number of carbonyl (C=O) groups is 4. The second-order valence-corrected chi connectivity index (χ2v) is 37.3. The second-order valence-electron chi connectivity index (χ2n) is 33.8. The van der Waals surface area contributed by atoms with Gasteiger partial charge < -0.3 is 95.8 Å². The van der Waals surface area contributed by atoms with Crippen LogP contribution in [0.15, 0.2) is 104 Å². The van der Waals surface area contributed by atoms with Crippen LogP contribution in [0.25, 0.3) is 0 Å². The predicted octanol–water partition coefficient (Wildman–Crippen LogP) is 23.5. The number of benzene rings is 4. The summed E-state index contributed by atoms with van der Waals surface area (Å²) >= 11 is 6.00. The van der Waals surface area contributed by atoms with Crippen molar-refractivity contribution in [2.45, 2.75) is 198 Å². The van der Waals surface area contributed by atoms with Crippen LogP contribution in [0.3, 0.4) is 0 Å². The van der Waals surface area contributed by atoms with Crippen LogP contribution in [0.2, 0.25) is 0 Å². The van der Waals surface area contributed by atoms with Gasteiger partial charge in [0.2, 0.25) is 0 Å². The molecule has 0 spiro atoms. The molecule has 4 atom stereocenters. The standard InChI is InChI=1S/3C22H29N5O3S.C22H29N5O2S2.4CH4/c1-12-8-10-14(17(28)16(12)21(29)27(6)7)23-19-20(26-31-25-19)24-18(22(3,4)5)15-11-9-13(2)30-15;1-11(2)18(16-10-13(4)14(5)30-16)24-21-20(25-31-26-21)23-15-9-8-12(3)17(19(15)28)22(29)27(6)7;1-7-15(17-10-14(11-30-17)12(2)3)23-20-21(26-31-25-20)24-16-9-8-13(4)18(19(16)28)22(29)27(5)6;1-12-8-10-14(17(28)16(12)21(29)27(6)7)23-19-20(26-31-25-19)24-18(22(3,4)5)15-11-9-13(2)30-15;;;;/h2*8-11,18,28H,1-7H3,(H,23,25)(H,24,26);8-12,15,28H,7H2,1-6H3,(H,23,25)(H,24,26);8-11,18,28H,1-7H3,(H,23,25)(H,24,26);4*1H4/t2*18-;15-;18-;;;;/m0110..../s1. The molecule has 0 radical (unpaired) electrons. The molecule has 0 bridgehead atoms. The van der Waals surface area contributed by atoms with Crippen LogP contribution >= 0.6 is 58.2 Å². The van der Waals surface area contributed by atoms with E-state index in [4.69, 9.17) is 13.3 Å². The van der Waals surface area contributed by atoms with Crippen LogP contribution in [-0.4, -0.2) is 155 Å². The number of carbonyl (C=O) groups excluding carboxylic acids is 4. The van der Waals surface area contributed by atoms with Gasteiger partial charge in [0.25, 0.3) is 23.6 Å². The zero-order chi connectivity index (χ0) is 91.4. The van der Waals surface area contributed by atoms with E-state index in [-0.39, 0.29) is 140 Å². The molecule has 12 rings (SSSR count). The number of nitrogens with zero attached hydrogens (tertiary/aromatic N) is 12. The van der Waals surface area contributed by atoms with Gasteiger partial charge >= 0.3 is 0 Å². The highest BCUT2D eigenvalue weighted by Gasteiger charge is 2.34. The number of anilines is 12. The molecule has 31 nitrogen and oxygen atoms in total. The van der Waals surface area contributed by atoms with E-state index in [2.05, 4.69) is 179 Å². The average Bonchev–Trinajstić information content (AvgIpc) is 1.37. The maximum absolute atomic E-state index is 12.5. The van der Waals surface area contributed by atoms with Gasteiger partial charge in [-0.1, -0.05) is 130 Å². The van der Waals surface area contributed by atoms with Crippen LogP contribution < -0.4 is 42.5 Å². The molecule has 12 N–H and O–H groups in total. The molecule has 0 fully saturated rings. The van der Waals surface area contributed by atoms with E-state index < -0.39 is 0 Å². The summed E-state index contributed by atoms with van der Waals surface area (Å²) in [6, 6.07) is 26.0. The van der Waals surface area contributed by atoms with Crippen molar-refractivity contribution in [3.05, 3.63) is 185 Å². The Bertz CT molecular complexity index is 5490. The first kappa shape index (κ1) is 107. The zero-order valence-electron chi connectivity index (χ0n) is 75.4. The number of rotatable bonds is 27. The molecule has 0 aliphatic rings. The second kappa shape index (κ2) is 45.7. The molecular weight excluding hydrogens is 1720 g/mol. The fourth-order valence-electron chi connectivity index (χ4n) is 12.9. The molecule has 128 heavy (non-hydrogen) atoms. The van der Waals surface area contributed by atoms with Crippen LogP contribution in [0.5, 0.6) is 23.0 Å². The fraction of sp³-hybridized carbons (Fsp3) is 0.435. The monoisotopic (exact) mass is 1850 g/mol. The van der Waals surface area contributed by atoms with Gasteiger partial charge in [-0.25, -0.2) is 0 Å². The number of nitrogens with one attached hydrogen (secondary N) is 8. The Morgan fingerprint density at radius 3 is 1.03 bits per heavy atom. The Morgan fingerprint density at radius 1 is 0.406 bits per heavy atom. The third-order valence-corrected chi connectivity index (χ3v) is 23.4. The van der Waals surface area contributed by atoms with Gasteiger partial charge in [0.15, 0.2) is 69.5 Å². The fourth-order valence-corrected chi connectivity index (χ4v) is 16.0. The number of aromatic hydroxyl groups is 4. The number of aromatic nitrogens is 8. The summed E-state index contributed by atoms with van der Waals surface area (Å²) < 4.78 is 52.5. The van der Waals surface area contributed by atoms with E-state index in [1.54, 1.807) is 150 Å². The molecule has 12 aromatic rings. The Morgan fingerprint density at radius 2 is 0.750 bits per heavy atom. The van der Waals surface area contributed by atoms with Crippen molar-refractivity contribution in [1.82, 2.24) is 54.6 Å². The number of furan rings is 3. The van der Waals surface area contributed by atoms with Crippen LogP contribution in [0.1, 0.15) is 256 Å². The highest BCUT2D eigenvalue weighted by atomic mass is 32.1. The molecule has 8 aromatic heterocycles. The summed E-state index contributed by atoms with van der Waals surface area (Å²) in [5.74, 6) is 7.49. The molecule has 0 saturated carbocycles. The van der Waals surface area contributed by atoms with Crippen molar-refractivity contribution in [2.75, 3.05) is 98.9 Å². The minimum atomic E-state index is -0.269. The van der Waals surface area contributed by atoms with Gasteiger partial charge in [0.1, 0.15) is 28.8 Å². The van der Waals surface area contributed by atoms with Crippen molar-refractivity contribution in [3.8, 4) is 23.0 Å². The summed E-state index contributed by atoms with van der Waals surface area (Å²) in [4.78, 5) is 58.3. The van der Waals surface area contributed by atoms with Crippen LogP contribution in [0, 0.1) is 72.1 Å². The first-order chi connectivity index (χ1) is 58.3. The number of phenols is 4. The number of aryl methyl sites for hydroxylation is 8. The lowest BCUT2D eigenvalue weighted by Gasteiger charge is -2.31. The highest BCUT2D eigenvalue weighted by molar-refractivity contribution is 7.12. The quantitative estimate of drug-likeness (QED) is 0.0213. The third kappa shape index (κ3) is 26.0. The van der Waals surface area contributed by atoms with E-state index in [1.807, 2.05) is 39.0 Å². The van der Waals surface area contributed by atoms with Gasteiger partial charge in [-0.3, -0.25) is 19.2 Å². The normalized spacial score (nSPS) is 11.9. The van der Waals surface area contributed by atoms with Crippen molar-refractivity contribution in [2.24, 2.45) is 16.7 Å². The summed E-state index contributed by atoms with van der Waals surface area (Å²) in [6.07, 6.45) is 2.58. The predicted molar refractivity (Wildman–Crippen MR) is 526 cm³/mol.